The van der Waals surface area contributed by atoms with Crippen LogP contribution in [-0.2, 0) is 14.2 Å². The van der Waals surface area contributed by atoms with Gasteiger partial charge in [-0.15, -0.1) is 0 Å². The van der Waals surface area contributed by atoms with Crippen molar-refractivity contribution in [1.82, 2.24) is 19.2 Å². The number of ether oxygens (including phenoxy) is 3. The normalized spacial score (nSPS) is 12.1. The van der Waals surface area contributed by atoms with Crippen LogP contribution in [0.4, 0.5) is 15.4 Å². The van der Waals surface area contributed by atoms with Crippen LogP contribution in [0, 0.1) is 13.8 Å². The van der Waals surface area contributed by atoms with Crippen LogP contribution in [0.2, 0.25) is 0 Å². The van der Waals surface area contributed by atoms with Crippen molar-refractivity contribution < 1.29 is 28.6 Å². The van der Waals surface area contributed by atoms with Gasteiger partial charge in [-0.2, -0.15) is 9.61 Å². The average molecular weight is 550 g/mol. The van der Waals surface area contributed by atoms with Gasteiger partial charge in [0.15, 0.2) is 5.65 Å². The van der Waals surface area contributed by atoms with Crippen molar-refractivity contribution in [3.63, 3.8) is 0 Å². The molecule has 1 aromatic carbocycles. The molecule has 40 heavy (non-hydrogen) atoms. The number of rotatable bonds is 3. The van der Waals surface area contributed by atoms with Gasteiger partial charge < -0.3 is 14.2 Å². The third-order valence-corrected chi connectivity index (χ3v) is 5.97. The van der Waals surface area contributed by atoms with E-state index in [0.29, 0.717) is 22.6 Å². The van der Waals surface area contributed by atoms with Crippen molar-refractivity contribution in [2.24, 2.45) is 0 Å². The molecular formula is C29H35N5O6. The molecule has 11 heteroatoms. The van der Waals surface area contributed by atoms with E-state index < -0.39 is 29.4 Å². The molecule has 0 radical (unpaired) electrons. The maximum atomic E-state index is 13.3. The zero-order chi connectivity index (χ0) is 29.7. The lowest BCUT2D eigenvalue weighted by molar-refractivity contribution is 0.0541. The van der Waals surface area contributed by atoms with Crippen LogP contribution < -0.4 is 4.90 Å². The van der Waals surface area contributed by atoms with Crippen molar-refractivity contribution in [3.8, 4) is 11.3 Å². The van der Waals surface area contributed by atoms with Crippen LogP contribution in [0.25, 0.3) is 27.8 Å². The number of carbonyl (C=O) groups excluding carboxylic acids is 3. The average Bonchev–Trinajstić information content (AvgIpc) is 3.42. The number of carbonyl (C=O) groups is 3. The monoisotopic (exact) mass is 549 g/mol. The highest BCUT2D eigenvalue weighted by Gasteiger charge is 2.28. The summed E-state index contributed by atoms with van der Waals surface area (Å²) in [5, 5.41) is 5.07. The van der Waals surface area contributed by atoms with E-state index in [-0.39, 0.29) is 11.2 Å². The molecule has 212 valence electrons. The summed E-state index contributed by atoms with van der Waals surface area (Å²) in [5.74, 6) is -0.333. The first-order chi connectivity index (χ1) is 18.5. The van der Waals surface area contributed by atoms with Gasteiger partial charge in [0, 0.05) is 30.3 Å². The lowest BCUT2D eigenvalue weighted by Crippen LogP contribution is -2.35. The molecule has 3 heterocycles. The number of methoxy groups -OCH3 is 1. The summed E-state index contributed by atoms with van der Waals surface area (Å²) in [6.45, 7) is 14.6. The molecule has 0 N–H and O–H groups in total. The van der Waals surface area contributed by atoms with Gasteiger partial charge in [-0.25, -0.2) is 19.4 Å². The summed E-state index contributed by atoms with van der Waals surface area (Å²) in [5.41, 5.74) is 2.38. The number of aromatic nitrogens is 4. The molecule has 1 amide bonds. The Hall–Kier alpha value is -4.41. The van der Waals surface area contributed by atoms with E-state index in [4.69, 9.17) is 19.2 Å². The molecule has 0 bridgehead atoms. The summed E-state index contributed by atoms with van der Waals surface area (Å²) >= 11 is 0. The van der Waals surface area contributed by atoms with E-state index >= 15 is 0 Å². The summed E-state index contributed by atoms with van der Waals surface area (Å²) in [6.07, 6.45) is 1.84. The Labute approximate surface area is 232 Å². The molecule has 0 aliphatic rings. The van der Waals surface area contributed by atoms with Gasteiger partial charge in [0.25, 0.3) is 0 Å². The maximum Gasteiger partial charge on any atom is 0.419 e. The molecule has 0 aliphatic carbocycles. The smallest absolute Gasteiger partial charge is 0.419 e. The van der Waals surface area contributed by atoms with Gasteiger partial charge >= 0.3 is 18.2 Å². The summed E-state index contributed by atoms with van der Waals surface area (Å²) < 4.78 is 19.0. The number of hydrogen-bond acceptors (Lipinski definition) is 8. The predicted octanol–water partition coefficient (Wildman–Crippen LogP) is 5.91. The molecule has 4 aromatic rings. The molecule has 0 fully saturated rings. The van der Waals surface area contributed by atoms with Crippen molar-refractivity contribution in [2.45, 2.75) is 66.6 Å². The van der Waals surface area contributed by atoms with Crippen LogP contribution in [0.5, 0.6) is 0 Å². The Kier molecular flexibility index (Phi) is 7.12. The topological polar surface area (TPSA) is 117 Å². The van der Waals surface area contributed by atoms with E-state index in [1.165, 1.54) is 27.3 Å². The quantitative estimate of drug-likeness (QED) is 0.229. The van der Waals surface area contributed by atoms with Crippen LogP contribution in [-0.4, -0.2) is 62.7 Å². The van der Waals surface area contributed by atoms with Gasteiger partial charge in [-0.1, -0.05) is 11.6 Å². The number of esters is 1. The summed E-state index contributed by atoms with van der Waals surface area (Å²) in [7, 11) is 2.81. The fraction of sp³-hybridized carbons (Fsp3) is 0.414. The molecule has 0 atom stereocenters. The Morgan fingerprint density at radius 1 is 0.950 bits per heavy atom. The highest BCUT2D eigenvalue weighted by molar-refractivity contribution is 6.03. The number of hydrogen-bond donors (Lipinski definition) is 0. The zero-order valence-corrected chi connectivity index (χ0v) is 24.6. The summed E-state index contributed by atoms with van der Waals surface area (Å²) in [4.78, 5) is 45.0. The standard InChI is InChI=1S/C29H35N5O6/c1-16-11-17(2)23-18(12-16)20(15-33(23)27(37)40-29(6,7)8)21-13-22(32(9)26(36)39-28(3,4)5)34-24(31-21)19(14-30-34)25(35)38-10/h11-15H,1-10H3. The molecule has 0 unspecified atom stereocenters. The molecule has 0 aliphatic heterocycles. The third kappa shape index (κ3) is 5.49. The number of benzene rings is 1. The van der Waals surface area contributed by atoms with Crippen LogP contribution in [0.3, 0.4) is 0 Å². The molecule has 3 aromatic heterocycles. The predicted molar refractivity (Wildman–Crippen MR) is 151 cm³/mol. The second-order valence-corrected chi connectivity index (χ2v) is 11.7. The van der Waals surface area contributed by atoms with E-state index in [0.717, 1.165) is 16.5 Å². The molecule has 4 rings (SSSR count). The van der Waals surface area contributed by atoms with Crippen molar-refractivity contribution in [3.05, 3.63) is 47.3 Å². The lowest BCUT2D eigenvalue weighted by Gasteiger charge is -2.25. The van der Waals surface area contributed by atoms with Gasteiger partial charge in [0.2, 0.25) is 0 Å². The highest BCUT2D eigenvalue weighted by atomic mass is 16.6. The molecule has 0 saturated carbocycles. The Morgan fingerprint density at radius 3 is 2.20 bits per heavy atom. The first-order valence-electron chi connectivity index (χ1n) is 12.8. The van der Waals surface area contributed by atoms with E-state index in [2.05, 4.69) is 5.10 Å². The van der Waals surface area contributed by atoms with Crippen molar-refractivity contribution >= 4 is 40.5 Å². The lowest BCUT2D eigenvalue weighted by atomic mass is 10.0. The third-order valence-electron chi connectivity index (χ3n) is 5.97. The Bertz CT molecular complexity index is 1650. The van der Waals surface area contributed by atoms with Gasteiger partial charge in [0.1, 0.15) is 22.6 Å². The second-order valence-electron chi connectivity index (χ2n) is 11.7. The molecule has 0 spiro atoms. The largest absolute Gasteiger partial charge is 0.465 e. The van der Waals surface area contributed by atoms with Crippen molar-refractivity contribution in [1.29, 1.82) is 0 Å². The number of aryl methyl sites for hydroxylation is 2. The fourth-order valence-electron chi connectivity index (χ4n) is 4.41. The summed E-state index contributed by atoms with van der Waals surface area (Å²) in [6, 6.07) is 5.60. The van der Waals surface area contributed by atoms with E-state index in [1.807, 2.05) is 26.0 Å². The molecule has 0 saturated heterocycles. The van der Waals surface area contributed by atoms with Crippen LogP contribution >= 0.6 is 0 Å². The number of amides is 1. The Balaban J connectivity index is 2.02. The SMILES string of the molecule is COC(=O)c1cnn2c(N(C)C(=O)OC(C)(C)C)cc(-c3cn(C(=O)OC(C)(C)C)c4c(C)cc(C)cc34)nc12. The highest BCUT2D eigenvalue weighted by Crippen LogP contribution is 2.35. The van der Waals surface area contributed by atoms with Crippen LogP contribution in [0.15, 0.2) is 30.6 Å². The van der Waals surface area contributed by atoms with Crippen LogP contribution in [0.1, 0.15) is 63.0 Å². The second kappa shape index (κ2) is 9.96. The van der Waals surface area contributed by atoms with Crippen molar-refractivity contribution in [2.75, 3.05) is 19.1 Å². The van der Waals surface area contributed by atoms with Gasteiger partial charge in [-0.05, 0) is 67.0 Å². The maximum absolute atomic E-state index is 13.3. The number of fused-ring (bicyclic) bond motifs is 2. The zero-order valence-electron chi connectivity index (χ0n) is 24.6. The number of anilines is 1. The molecular weight excluding hydrogens is 514 g/mol. The molecule has 11 nitrogen and oxygen atoms in total. The van der Waals surface area contributed by atoms with Gasteiger partial charge in [0.05, 0.1) is 24.5 Å². The van der Waals surface area contributed by atoms with E-state index in [9.17, 15) is 14.4 Å². The minimum absolute atomic E-state index is 0.117. The minimum Gasteiger partial charge on any atom is -0.465 e. The first kappa shape index (κ1) is 28.6. The number of nitrogens with zero attached hydrogens (tertiary/aromatic N) is 5. The minimum atomic E-state index is -0.739. The fourth-order valence-corrected chi connectivity index (χ4v) is 4.41. The first-order valence-corrected chi connectivity index (χ1v) is 12.8. The van der Waals surface area contributed by atoms with E-state index in [1.54, 1.807) is 60.9 Å². The van der Waals surface area contributed by atoms with Gasteiger partial charge in [-0.3, -0.25) is 9.47 Å². The Morgan fingerprint density at radius 2 is 1.60 bits per heavy atom.